The summed E-state index contributed by atoms with van der Waals surface area (Å²) in [5.41, 5.74) is 0. The van der Waals surface area contributed by atoms with E-state index in [4.69, 9.17) is 5.11 Å². The Morgan fingerprint density at radius 3 is 2.00 bits per heavy atom. The molecule has 0 rings (SSSR count). The minimum atomic E-state index is -0.640. The van der Waals surface area contributed by atoms with Gasteiger partial charge in [0, 0.05) is 19.7 Å². The number of nitrogens with one attached hydrogen (secondary N) is 2. The van der Waals surface area contributed by atoms with E-state index in [1.165, 1.54) is 0 Å². The first-order valence-electron chi connectivity index (χ1n) is 5.39. The Labute approximate surface area is 96.0 Å². The third kappa shape index (κ3) is 8.19. The summed E-state index contributed by atoms with van der Waals surface area (Å²) in [4.78, 5) is 24.3. The number of hydrogen-bond acceptors (Lipinski definition) is 4. The van der Waals surface area contributed by atoms with Crippen LogP contribution < -0.4 is 10.6 Å². The highest BCUT2D eigenvalue weighted by molar-refractivity contribution is 6.35. The van der Waals surface area contributed by atoms with Crippen LogP contribution in [0.3, 0.4) is 0 Å². The first-order chi connectivity index (χ1) is 7.57. The predicted octanol–water partition coefficient (Wildman–Crippen LogP) is -1.45. The van der Waals surface area contributed by atoms with Gasteiger partial charge in [0.1, 0.15) is 0 Å². The lowest BCUT2D eigenvalue weighted by molar-refractivity contribution is -0.139. The van der Waals surface area contributed by atoms with Crippen LogP contribution in [0.1, 0.15) is 12.8 Å². The lowest BCUT2D eigenvalue weighted by Crippen LogP contribution is -2.41. The number of hydrogen-bond donors (Lipinski definition) is 3. The Hall–Kier alpha value is -1.14. The molecule has 6 heteroatoms. The molecule has 0 atom stereocenters. The lowest BCUT2D eigenvalue weighted by atomic mass is 10.4. The summed E-state index contributed by atoms with van der Waals surface area (Å²) in [6.07, 6.45) is 1.27. The second-order valence-corrected chi connectivity index (χ2v) is 3.75. The first-order valence-corrected chi connectivity index (χ1v) is 5.39. The SMILES string of the molecule is CN(C)CCCNC(=O)C(=O)NCCCO. The molecule has 94 valence electrons. The molecule has 0 bridgehead atoms. The van der Waals surface area contributed by atoms with Gasteiger partial charge < -0.3 is 20.6 Å². The maximum atomic E-state index is 11.2. The van der Waals surface area contributed by atoms with E-state index in [1.54, 1.807) is 0 Å². The molecular formula is C10H21N3O3. The number of nitrogens with zero attached hydrogens (tertiary/aromatic N) is 1. The number of carbonyl (C=O) groups excluding carboxylic acids is 2. The Kier molecular flexibility index (Phi) is 8.46. The van der Waals surface area contributed by atoms with Gasteiger partial charge in [-0.25, -0.2) is 0 Å². The summed E-state index contributed by atoms with van der Waals surface area (Å²) in [5, 5.41) is 13.4. The molecule has 0 aromatic rings. The van der Waals surface area contributed by atoms with Crippen molar-refractivity contribution >= 4 is 11.8 Å². The summed E-state index contributed by atoms with van der Waals surface area (Å²) >= 11 is 0. The van der Waals surface area contributed by atoms with E-state index in [1.807, 2.05) is 19.0 Å². The number of aliphatic hydroxyl groups is 1. The maximum absolute atomic E-state index is 11.2. The predicted molar refractivity (Wildman–Crippen MR) is 60.9 cm³/mol. The molecule has 0 unspecified atom stereocenters. The van der Waals surface area contributed by atoms with Gasteiger partial charge in [0.15, 0.2) is 0 Å². The highest BCUT2D eigenvalue weighted by atomic mass is 16.3. The normalized spacial score (nSPS) is 10.2. The smallest absolute Gasteiger partial charge is 0.309 e. The van der Waals surface area contributed by atoms with Crippen LogP contribution in [-0.4, -0.2) is 62.2 Å². The van der Waals surface area contributed by atoms with Crippen molar-refractivity contribution < 1.29 is 14.7 Å². The molecule has 0 aliphatic carbocycles. The molecule has 0 saturated carbocycles. The van der Waals surface area contributed by atoms with Crippen LogP contribution in [0.15, 0.2) is 0 Å². The fourth-order valence-electron chi connectivity index (χ4n) is 1.04. The van der Waals surface area contributed by atoms with Crippen LogP contribution in [0, 0.1) is 0 Å². The molecule has 2 amide bonds. The largest absolute Gasteiger partial charge is 0.396 e. The third-order valence-corrected chi connectivity index (χ3v) is 1.89. The van der Waals surface area contributed by atoms with Gasteiger partial charge >= 0.3 is 11.8 Å². The number of carbonyl (C=O) groups is 2. The van der Waals surface area contributed by atoms with Gasteiger partial charge in [0.2, 0.25) is 0 Å². The van der Waals surface area contributed by atoms with E-state index in [2.05, 4.69) is 10.6 Å². The van der Waals surface area contributed by atoms with Crippen molar-refractivity contribution in [1.29, 1.82) is 0 Å². The van der Waals surface area contributed by atoms with Crippen molar-refractivity contribution in [3.63, 3.8) is 0 Å². The molecule has 0 spiro atoms. The van der Waals surface area contributed by atoms with Crippen LogP contribution >= 0.6 is 0 Å². The molecule has 0 radical (unpaired) electrons. The highest BCUT2D eigenvalue weighted by Crippen LogP contribution is 1.81. The molecule has 16 heavy (non-hydrogen) atoms. The van der Waals surface area contributed by atoms with Gasteiger partial charge in [-0.05, 0) is 33.5 Å². The van der Waals surface area contributed by atoms with Crippen molar-refractivity contribution in [3.8, 4) is 0 Å². The monoisotopic (exact) mass is 231 g/mol. The Morgan fingerprint density at radius 1 is 1.06 bits per heavy atom. The van der Waals surface area contributed by atoms with Crippen LogP contribution in [-0.2, 0) is 9.59 Å². The topological polar surface area (TPSA) is 81.7 Å². The molecule has 0 saturated heterocycles. The zero-order chi connectivity index (χ0) is 12.4. The van der Waals surface area contributed by atoms with Crippen LogP contribution in [0.25, 0.3) is 0 Å². The molecule has 0 aliphatic rings. The van der Waals surface area contributed by atoms with Crippen molar-refractivity contribution in [3.05, 3.63) is 0 Å². The molecule has 0 aromatic carbocycles. The van der Waals surface area contributed by atoms with E-state index >= 15 is 0 Å². The number of amides is 2. The molecule has 0 aliphatic heterocycles. The van der Waals surface area contributed by atoms with E-state index in [0.29, 0.717) is 19.5 Å². The number of aliphatic hydroxyl groups excluding tert-OH is 1. The minimum Gasteiger partial charge on any atom is -0.396 e. The van der Waals surface area contributed by atoms with Gasteiger partial charge in [-0.2, -0.15) is 0 Å². The lowest BCUT2D eigenvalue weighted by Gasteiger charge is -2.09. The van der Waals surface area contributed by atoms with Gasteiger partial charge in [-0.15, -0.1) is 0 Å². The molecule has 0 aromatic heterocycles. The second kappa shape index (κ2) is 9.11. The molecule has 6 nitrogen and oxygen atoms in total. The van der Waals surface area contributed by atoms with E-state index < -0.39 is 11.8 Å². The fourth-order valence-corrected chi connectivity index (χ4v) is 1.04. The second-order valence-electron chi connectivity index (χ2n) is 3.75. The van der Waals surface area contributed by atoms with Gasteiger partial charge in [0.05, 0.1) is 0 Å². The standard InChI is InChI=1S/C10H21N3O3/c1-13(2)7-3-5-11-9(15)10(16)12-6-4-8-14/h14H,3-8H2,1-2H3,(H,11,15)(H,12,16). The van der Waals surface area contributed by atoms with Gasteiger partial charge in [-0.3, -0.25) is 9.59 Å². The van der Waals surface area contributed by atoms with Crippen LogP contribution in [0.5, 0.6) is 0 Å². The first kappa shape index (κ1) is 14.9. The zero-order valence-electron chi connectivity index (χ0n) is 9.95. The summed E-state index contributed by atoms with van der Waals surface area (Å²) in [6.45, 7) is 1.68. The summed E-state index contributed by atoms with van der Waals surface area (Å²) in [6, 6.07) is 0. The minimum absolute atomic E-state index is 0.00470. The molecule has 0 fully saturated rings. The quantitative estimate of drug-likeness (QED) is 0.370. The molecule has 3 N–H and O–H groups in total. The van der Waals surface area contributed by atoms with E-state index in [-0.39, 0.29) is 6.61 Å². The van der Waals surface area contributed by atoms with E-state index in [9.17, 15) is 9.59 Å². The van der Waals surface area contributed by atoms with Crippen molar-refractivity contribution in [2.75, 3.05) is 40.3 Å². The Bertz CT molecular complexity index is 219. The Morgan fingerprint density at radius 2 is 1.56 bits per heavy atom. The van der Waals surface area contributed by atoms with Crippen molar-refractivity contribution in [1.82, 2.24) is 15.5 Å². The fraction of sp³-hybridized carbons (Fsp3) is 0.800. The van der Waals surface area contributed by atoms with Crippen molar-refractivity contribution in [2.24, 2.45) is 0 Å². The van der Waals surface area contributed by atoms with Crippen molar-refractivity contribution in [2.45, 2.75) is 12.8 Å². The number of rotatable bonds is 7. The molecular weight excluding hydrogens is 210 g/mol. The van der Waals surface area contributed by atoms with Crippen LogP contribution in [0.2, 0.25) is 0 Å². The summed E-state index contributed by atoms with van der Waals surface area (Å²) in [5.74, 6) is -1.25. The van der Waals surface area contributed by atoms with E-state index in [0.717, 1.165) is 13.0 Å². The van der Waals surface area contributed by atoms with Gasteiger partial charge in [0.25, 0.3) is 0 Å². The van der Waals surface area contributed by atoms with Crippen LogP contribution in [0.4, 0.5) is 0 Å². The third-order valence-electron chi connectivity index (χ3n) is 1.89. The summed E-state index contributed by atoms with van der Waals surface area (Å²) in [7, 11) is 3.90. The molecule has 0 heterocycles. The van der Waals surface area contributed by atoms with Gasteiger partial charge in [-0.1, -0.05) is 0 Å². The highest BCUT2D eigenvalue weighted by Gasteiger charge is 2.11. The average Bonchev–Trinajstić information content (AvgIpc) is 2.24. The maximum Gasteiger partial charge on any atom is 0.309 e. The average molecular weight is 231 g/mol. The summed E-state index contributed by atoms with van der Waals surface area (Å²) < 4.78 is 0. The zero-order valence-corrected chi connectivity index (χ0v) is 9.95. The Balaban J connectivity index is 3.52.